The van der Waals surface area contributed by atoms with Crippen molar-refractivity contribution in [1.29, 1.82) is 0 Å². The van der Waals surface area contributed by atoms with E-state index < -0.39 is 4.92 Å². The number of hydrogen-bond donors (Lipinski definition) is 0. The van der Waals surface area contributed by atoms with Gasteiger partial charge in [-0.2, -0.15) is 0 Å². The number of nitro groups is 1. The molecule has 2 aromatic carbocycles. The first-order valence-corrected chi connectivity index (χ1v) is 7.76. The van der Waals surface area contributed by atoms with Gasteiger partial charge in [-0.15, -0.1) is 0 Å². The molecule has 0 saturated carbocycles. The number of methoxy groups -OCH3 is 2. The smallest absolute Gasteiger partial charge is 0.269 e. The third-order valence-corrected chi connectivity index (χ3v) is 3.80. The monoisotopic (exact) mass is 393 g/mol. The second-order valence-electron chi connectivity index (χ2n) is 4.76. The summed E-state index contributed by atoms with van der Waals surface area (Å²) in [5.41, 5.74) is 1.71. The van der Waals surface area contributed by atoms with Crippen LogP contribution in [0.15, 0.2) is 40.9 Å². The van der Waals surface area contributed by atoms with Gasteiger partial charge < -0.3 is 14.2 Å². The molecule has 126 valence electrons. The normalized spacial score (nSPS) is 10.8. The van der Waals surface area contributed by atoms with E-state index in [2.05, 4.69) is 15.9 Å². The van der Waals surface area contributed by atoms with Crippen LogP contribution in [-0.2, 0) is 4.74 Å². The third-order valence-electron chi connectivity index (χ3n) is 3.18. The Labute approximate surface area is 147 Å². The highest BCUT2D eigenvalue weighted by atomic mass is 79.9. The molecule has 2 aromatic rings. The molecule has 0 N–H and O–H groups in total. The van der Waals surface area contributed by atoms with Crippen molar-refractivity contribution < 1.29 is 19.1 Å². The Morgan fingerprint density at radius 3 is 2.42 bits per heavy atom. The number of non-ortho nitro benzene ring substituents is 1. The maximum absolute atomic E-state index is 10.7. The van der Waals surface area contributed by atoms with E-state index in [-0.39, 0.29) is 12.5 Å². The number of nitrogens with zero attached hydrogens (tertiary/aromatic N) is 1. The van der Waals surface area contributed by atoms with Gasteiger partial charge in [-0.3, -0.25) is 10.1 Å². The van der Waals surface area contributed by atoms with E-state index in [1.807, 2.05) is 18.2 Å². The van der Waals surface area contributed by atoms with Gasteiger partial charge >= 0.3 is 0 Å². The fourth-order valence-corrected chi connectivity index (χ4v) is 2.50. The summed E-state index contributed by atoms with van der Waals surface area (Å²) < 4.78 is 16.6. The van der Waals surface area contributed by atoms with Crippen LogP contribution in [0.3, 0.4) is 0 Å². The van der Waals surface area contributed by atoms with Gasteiger partial charge in [0.15, 0.2) is 6.79 Å². The molecule has 0 spiro atoms. The summed E-state index contributed by atoms with van der Waals surface area (Å²) in [7, 11) is 3.12. The number of ether oxygens (including phenoxy) is 3. The minimum atomic E-state index is -0.426. The number of nitro benzene ring substituents is 1. The van der Waals surface area contributed by atoms with Crippen LogP contribution in [0.4, 0.5) is 5.69 Å². The molecule has 0 aliphatic carbocycles. The lowest BCUT2D eigenvalue weighted by Crippen LogP contribution is -2.01. The Hall–Kier alpha value is -2.38. The Morgan fingerprint density at radius 2 is 1.83 bits per heavy atom. The molecule has 2 rings (SSSR count). The van der Waals surface area contributed by atoms with Gasteiger partial charge in [0.2, 0.25) is 0 Å². The van der Waals surface area contributed by atoms with E-state index in [4.69, 9.17) is 14.2 Å². The van der Waals surface area contributed by atoms with Crippen LogP contribution >= 0.6 is 15.9 Å². The van der Waals surface area contributed by atoms with E-state index in [1.165, 1.54) is 12.1 Å². The SMILES string of the molecule is COCOc1cc(OC)c(Br)cc1/C=C/c1ccc([N+](=O)[O-])cc1. The molecule has 0 aromatic heterocycles. The van der Waals surface area contributed by atoms with Crippen molar-refractivity contribution in [2.24, 2.45) is 0 Å². The molecule has 24 heavy (non-hydrogen) atoms. The van der Waals surface area contributed by atoms with Crippen LogP contribution in [0.2, 0.25) is 0 Å². The molecular weight excluding hydrogens is 378 g/mol. The minimum Gasteiger partial charge on any atom is -0.495 e. The standard InChI is InChI=1S/C17H16BrNO5/c1-22-11-24-16-10-17(23-2)15(18)9-13(16)6-3-12-4-7-14(8-5-12)19(20)21/h3-10H,11H2,1-2H3/b6-3+. The summed E-state index contributed by atoms with van der Waals surface area (Å²) in [6, 6.07) is 9.92. The number of hydrogen-bond acceptors (Lipinski definition) is 5. The summed E-state index contributed by atoms with van der Waals surface area (Å²) in [5, 5.41) is 10.7. The van der Waals surface area contributed by atoms with Crippen LogP contribution in [0, 0.1) is 10.1 Å². The molecule has 0 amide bonds. The first kappa shape index (κ1) is 18.0. The first-order valence-electron chi connectivity index (χ1n) is 6.97. The van der Waals surface area contributed by atoms with Crippen molar-refractivity contribution >= 4 is 33.8 Å². The molecule has 0 aliphatic heterocycles. The first-order chi connectivity index (χ1) is 11.5. The molecule has 0 fully saturated rings. The lowest BCUT2D eigenvalue weighted by Gasteiger charge is -2.12. The Bertz CT molecular complexity index is 743. The van der Waals surface area contributed by atoms with Crippen LogP contribution in [0.5, 0.6) is 11.5 Å². The van der Waals surface area contributed by atoms with Crippen molar-refractivity contribution in [2.75, 3.05) is 21.0 Å². The predicted octanol–water partition coefficient (Wildman–Crippen LogP) is 4.52. The van der Waals surface area contributed by atoms with Gasteiger partial charge in [-0.1, -0.05) is 12.2 Å². The molecule has 7 heteroatoms. The maximum atomic E-state index is 10.7. The van der Waals surface area contributed by atoms with E-state index in [9.17, 15) is 10.1 Å². The van der Waals surface area contributed by atoms with Crippen molar-refractivity contribution in [3.8, 4) is 11.5 Å². The highest BCUT2D eigenvalue weighted by Gasteiger charge is 2.09. The molecule has 0 saturated heterocycles. The van der Waals surface area contributed by atoms with Gasteiger partial charge in [0, 0.05) is 30.9 Å². The second-order valence-corrected chi connectivity index (χ2v) is 5.61. The van der Waals surface area contributed by atoms with Crippen LogP contribution in [-0.4, -0.2) is 25.9 Å². The van der Waals surface area contributed by atoms with Crippen LogP contribution in [0.25, 0.3) is 12.2 Å². The fourth-order valence-electron chi connectivity index (χ4n) is 1.98. The quantitative estimate of drug-likeness (QED) is 0.299. The van der Waals surface area contributed by atoms with Crippen LogP contribution < -0.4 is 9.47 Å². The summed E-state index contributed by atoms with van der Waals surface area (Å²) in [5.74, 6) is 1.25. The molecule has 0 atom stereocenters. The number of benzene rings is 2. The van der Waals surface area contributed by atoms with Gasteiger partial charge in [0.1, 0.15) is 11.5 Å². The van der Waals surface area contributed by atoms with Crippen molar-refractivity contribution in [1.82, 2.24) is 0 Å². The Morgan fingerprint density at radius 1 is 1.12 bits per heavy atom. The predicted molar refractivity (Wildman–Crippen MR) is 95.2 cm³/mol. The van der Waals surface area contributed by atoms with Crippen LogP contribution in [0.1, 0.15) is 11.1 Å². The molecule has 0 radical (unpaired) electrons. The largest absolute Gasteiger partial charge is 0.495 e. The Balaban J connectivity index is 2.29. The molecular formula is C17H16BrNO5. The van der Waals surface area contributed by atoms with E-state index in [0.717, 1.165) is 15.6 Å². The van der Waals surface area contributed by atoms with E-state index in [0.29, 0.717) is 11.5 Å². The molecule has 0 aliphatic rings. The number of halogens is 1. The Kier molecular flexibility index (Phi) is 6.34. The van der Waals surface area contributed by atoms with Gasteiger partial charge in [-0.25, -0.2) is 0 Å². The zero-order valence-electron chi connectivity index (χ0n) is 13.2. The summed E-state index contributed by atoms with van der Waals surface area (Å²) in [6.07, 6.45) is 3.70. The van der Waals surface area contributed by atoms with Gasteiger partial charge in [0.05, 0.1) is 16.5 Å². The summed E-state index contributed by atoms with van der Waals surface area (Å²) in [4.78, 5) is 10.3. The zero-order valence-corrected chi connectivity index (χ0v) is 14.8. The topological polar surface area (TPSA) is 70.8 Å². The summed E-state index contributed by atoms with van der Waals surface area (Å²) in [6.45, 7) is 0.114. The highest BCUT2D eigenvalue weighted by Crippen LogP contribution is 2.34. The number of rotatable bonds is 7. The molecule has 0 heterocycles. The highest BCUT2D eigenvalue weighted by molar-refractivity contribution is 9.10. The third kappa shape index (κ3) is 4.56. The van der Waals surface area contributed by atoms with Gasteiger partial charge in [0.25, 0.3) is 5.69 Å². The lowest BCUT2D eigenvalue weighted by molar-refractivity contribution is -0.384. The maximum Gasteiger partial charge on any atom is 0.269 e. The molecule has 6 nitrogen and oxygen atoms in total. The average Bonchev–Trinajstić information content (AvgIpc) is 2.59. The van der Waals surface area contributed by atoms with E-state index >= 15 is 0 Å². The fraction of sp³-hybridized carbons (Fsp3) is 0.176. The molecule has 0 bridgehead atoms. The lowest BCUT2D eigenvalue weighted by atomic mass is 10.1. The van der Waals surface area contributed by atoms with E-state index in [1.54, 1.807) is 32.4 Å². The van der Waals surface area contributed by atoms with Crippen molar-refractivity contribution in [3.05, 3.63) is 62.1 Å². The van der Waals surface area contributed by atoms with Crippen molar-refractivity contribution in [2.45, 2.75) is 0 Å². The second kappa shape index (κ2) is 8.47. The van der Waals surface area contributed by atoms with Gasteiger partial charge in [-0.05, 0) is 39.7 Å². The molecule has 0 unspecified atom stereocenters. The summed E-state index contributed by atoms with van der Waals surface area (Å²) >= 11 is 3.44. The zero-order chi connectivity index (χ0) is 17.5. The average molecular weight is 394 g/mol. The van der Waals surface area contributed by atoms with Crippen molar-refractivity contribution in [3.63, 3.8) is 0 Å². The minimum absolute atomic E-state index is 0.0588.